The summed E-state index contributed by atoms with van der Waals surface area (Å²) in [6, 6.07) is 8.09. The monoisotopic (exact) mass is 282 g/mol. The molecule has 19 heavy (non-hydrogen) atoms. The highest BCUT2D eigenvalue weighted by Gasteiger charge is 2.37. The third kappa shape index (κ3) is 2.55. The van der Waals surface area contributed by atoms with Crippen LogP contribution >= 0.6 is 0 Å². The van der Waals surface area contributed by atoms with Crippen LogP contribution < -0.4 is 0 Å². The summed E-state index contributed by atoms with van der Waals surface area (Å²) in [5.74, 6) is 0.246. The van der Waals surface area contributed by atoms with Crippen molar-refractivity contribution in [1.29, 1.82) is 0 Å². The molecule has 106 valence electrons. The van der Waals surface area contributed by atoms with Gasteiger partial charge in [0.25, 0.3) is 10.2 Å². The summed E-state index contributed by atoms with van der Waals surface area (Å²) in [6.07, 6.45) is 0.784. The van der Waals surface area contributed by atoms with Crippen LogP contribution in [0.15, 0.2) is 24.3 Å². The Morgan fingerprint density at radius 1 is 1.26 bits per heavy atom. The molecule has 1 unspecified atom stereocenters. The molecule has 1 aromatic rings. The number of hydrogen-bond acceptors (Lipinski definition) is 2. The molecule has 0 N–H and O–H groups in total. The largest absolute Gasteiger partial charge is 0.282 e. The summed E-state index contributed by atoms with van der Waals surface area (Å²) in [7, 11) is -0.189. The first-order valence-corrected chi connectivity index (χ1v) is 8.02. The van der Waals surface area contributed by atoms with E-state index in [-0.39, 0.29) is 12.0 Å². The number of rotatable bonds is 3. The summed E-state index contributed by atoms with van der Waals surface area (Å²) in [5.41, 5.74) is 2.42. The fourth-order valence-corrected chi connectivity index (χ4v) is 4.12. The number of nitrogens with zero attached hydrogens (tertiary/aromatic N) is 2. The Kier molecular flexibility index (Phi) is 3.99. The maximum absolute atomic E-state index is 12.5. The molecule has 0 spiro atoms. The Bertz CT molecular complexity index is 552. The number of hydrogen-bond donors (Lipinski definition) is 0. The first-order chi connectivity index (χ1) is 8.85. The maximum Gasteiger partial charge on any atom is 0.282 e. The third-order valence-electron chi connectivity index (χ3n) is 3.67. The van der Waals surface area contributed by atoms with Crippen LogP contribution in [0.1, 0.15) is 31.0 Å². The number of fused-ring (bicyclic) bond motifs is 1. The average Bonchev–Trinajstić information content (AvgIpc) is 2.36. The molecule has 0 saturated carbocycles. The van der Waals surface area contributed by atoms with Crippen LogP contribution in [-0.4, -0.2) is 37.7 Å². The topological polar surface area (TPSA) is 40.6 Å². The van der Waals surface area contributed by atoms with Crippen molar-refractivity contribution in [3.8, 4) is 0 Å². The van der Waals surface area contributed by atoms with Crippen molar-refractivity contribution in [2.24, 2.45) is 5.92 Å². The molecule has 0 aromatic heterocycles. The predicted molar refractivity (Wildman–Crippen MR) is 77.0 cm³/mol. The van der Waals surface area contributed by atoms with Crippen molar-refractivity contribution in [3.05, 3.63) is 35.4 Å². The van der Waals surface area contributed by atoms with Gasteiger partial charge in [0.1, 0.15) is 0 Å². The molecule has 1 aromatic carbocycles. The Morgan fingerprint density at radius 2 is 1.89 bits per heavy atom. The second kappa shape index (κ2) is 5.23. The van der Waals surface area contributed by atoms with Crippen molar-refractivity contribution in [2.75, 3.05) is 20.6 Å². The second-order valence-corrected chi connectivity index (χ2v) is 7.63. The van der Waals surface area contributed by atoms with Crippen molar-refractivity contribution < 1.29 is 8.42 Å². The molecule has 0 bridgehead atoms. The summed E-state index contributed by atoms with van der Waals surface area (Å²) >= 11 is 0. The molecule has 4 nitrogen and oxygen atoms in total. The van der Waals surface area contributed by atoms with E-state index >= 15 is 0 Å². The van der Waals surface area contributed by atoms with Crippen molar-refractivity contribution >= 4 is 10.2 Å². The zero-order valence-electron chi connectivity index (χ0n) is 12.0. The molecule has 0 fully saturated rings. The summed E-state index contributed by atoms with van der Waals surface area (Å²) in [4.78, 5) is 0. The number of benzene rings is 1. The Hall–Kier alpha value is -0.910. The first kappa shape index (κ1) is 14.5. The van der Waals surface area contributed by atoms with Gasteiger partial charge in [0, 0.05) is 20.6 Å². The SMILES string of the molecule is CC(C)C1c2ccccc2CCN1S(=O)(=O)N(C)C. The van der Waals surface area contributed by atoms with Gasteiger partial charge in [0.05, 0.1) is 6.04 Å². The highest BCUT2D eigenvalue weighted by Crippen LogP contribution is 2.37. The van der Waals surface area contributed by atoms with E-state index in [2.05, 4.69) is 26.0 Å². The normalized spacial score (nSPS) is 20.8. The van der Waals surface area contributed by atoms with E-state index in [4.69, 9.17) is 0 Å². The minimum atomic E-state index is -3.37. The van der Waals surface area contributed by atoms with Crippen molar-refractivity contribution in [3.63, 3.8) is 0 Å². The molecule has 1 aliphatic heterocycles. The maximum atomic E-state index is 12.5. The zero-order chi connectivity index (χ0) is 14.2. The Labute approximate surface area is 116 Å². The molecular weight excluding hydrogens is 260 g/mol. The van der Waals surface area contributed by atoms with E-state index in [0.29, 0.717) is 6.54 Å². The first-order valence-electron chi connectivity index (χ1n) is 6.62. The summed E-state index contributed by atoms with van der Waals surface area (Å²) in [6.45, 7) is 4.70. The third-order valence-corrected chi connectivity index (χ3v) is 5.60. The van der Waals surface area contributed by atoms with E-state index < -0.39 is 10.2 Å². The van der Waals surface area contributed by atoms with Crippen molar-refractivity contribution in [2.45, 2.75) is 26.3 Å². The van der Waals surface area contributed by atoms with Gasteiger partial charge >= 0.3 is 0 Å². The Balaban J connectivity index is 2.49. The van der Waals surface area contributed by atoms with Crippen LogP contribution in [0, 0.1) is 5.92 Å². The lowest BCUT2D eigenvalue weighted by Crippen LogP contribution is -2.47. The molecule has 0 amide bonds. The van der Waals surface area contributed by atoms with Gasteiger partial charge in [-0.2, -0.15) is 17.0 Å². The second-order valence-electron chi connectivity index (χ2n) is 5.54. The quantitative estimate of drug-likeness (QED) is 0.851. The molecule has 0 saturated heterocycles. The molecule has 0 aliphatic carbocycles. The fourth-order valence-electron chi connectivity index (χ4n) is 2.74. The van der Waals surface area contributed by atoms with Crippen molar-refractivity contribution in [1.82, 2.24) is 8.61 Å². The lowest BCUT2D eigenvalue weighted by molar-refractivity contribution is 0.236. The minimum absolute atomic E-state index is 0.0719. The van der Waals surface area contributed by atoms with E-state index in [1.807, 2.05) is 12.1 Å². The highest BCUT2D eigenvalue weighted by molar-refractivity contribution is 7.86. The van der Waals surface area contributed by atoms with Gasteiger partial charge in [0.15, 0.2) is 0 Å². The lowest BCUT2D eigenvalue weighted by Gasteiger charge is -2.39. The van der Waals surface area contributed by atoms with E-state index in [1.54, 1.807) is 18.4 Å². The molecular formula is C14H22N2O2S. The molecule has 1 atom stereocenters. The molecule has 1 heterocycles. The van der Waals surface area contributed by atoms with E-state index in [1.165, 1.54) is 9.87 Å². The predicted octanol–water partition coefficient (Wildman–Crippen LogP) is 2.05. The smallest absolute Gasteiger partial charge is 0.195 e. The molecule has 2 rings (SSSR count). The zero-order valence-corrected chi connectivity index (χ0v) is 12.8. The standard InChI is InChI=1S/C14H22N2O2S/c1-11(2)14-13-8-6-5-7-12(13)9-10-16(14)19(17,18)15(3)4/h5-8,11,14H,9-10H2,1-4H3. The lowest BCUT2D eigenvalue weighted by atomic mass is 9.88. The van der Waals surface area contributed by atoms with Crippen LogP contribution in [0.25, 0.3) is 0 Å². The van der Waals surface area contributed by atoms with Gasteiger partial charge in [-0.05, 0) is 23.5 Å². The summed E-state index contributed by atoms with van der Waals surface area (Å²) in [5, 5.41) is 0. The molecule has 1 aliphatic rings. The summed E-state index contributed by atoms with van der Waals surface area (Å²) < 4.78 is 27.9. The van der Waals surface area contributed by atoms with Gasteiger partial charge in [-0.1, -0.05) is 38.1 Å². The molecule has 5 heteroatoms. The minimum Gasteiger partial charge on any atom is -0.195 e. The van der Waals surface area contributed by atoms with Gasteiger partial charge in [0.2, 0.25) is 0 Å². The van der Waals surface area contributed by atoms with Crippen LogP contribution in [-0.2, 0) is 16.6 Å². The Morgan fingerprint density at radius 3 is 2.47 bits per heavy atom. The van der Waals surface area contributed by atoms with Gasteiger partial charge in [-0.25, -0.2) is 0 Å². The van der Waals surface area contributed by atoms with Crippen LogP contribution in [0.3, 0.4) is 0 Å². The molecule has 0 radical (unpaired) electrons. The van der Waals surface area contributed by atoms with Gasteiger partial charge in [-0.15, -0.1) is 0 Å². The highest BCUT2D eigenvalue weighted by atomic mass is 32.2. The fraction of sp³-hybridized carbons (Fsp3) is 0.571. The average molecular weight is 282 g/mol. The van der Waals surface area contributed by atoms with Gasteiger partial charge in [-0.3, -0.25) is 0 Å². The van der Waals surface area contributed by atoms with E-state index in [9.17, 15) is 8.42 Å². The van der Waals surface area contributed by atoms with Crippen LogP contribution in [0.2, 0.25) is 0 Å². The van der Waals surface area contributed by atoms with Gasteiger partial charge < -0.3 is 0 Å². The van der Waals surface area contributed by atoms with Crippen LogP contribution in [0.5, 0.6) is 0 Å². The van der Waals surface area contributed by atoms with E-state index in [0.717, 1.165) is 12.0 Å². The van der Waals surface area contributed by atoms with Crippen LogP contribution in [0.4, 0.5) is 0 Å².